The Morgan fingerprint density at radius 2 is 1.72 bits per heavy atom. The van der Waals surface area contributed by atoms with Crippen LogP contribution < -0.4 is 24.8 Å². The van der Waals surface area contributed by atoms with Crippen LogP contribution in [-0.4, -0.2) is 45.5 Å². The lowest BCUT2D eigenvalue weighted by Crippen LogP contribution is -2.39. The highest BCUT2D eigenvalue weighted by atomic mass is 127. The van der Waals surface area contributed by atoms with Crippen molar-refractivity contribution in [3.8, 4) is 17.2 Å². The van der Waals surface area contributed by atoms with Crippen LogP contribution in [0.3, 0.4) is 0 Å². The molecule has 1 unspecified atom stereocenters. The number of aliphatic hydroxyl groups excluding tert-OH is 1. The number of fused-ring (bicyclic) bond motifs is 1. The minimum atomic E-state index is -0.633. The summed E-state index contributed by atoms with van der Waals surface area (Å²) < 4.78 is 17.5. The molecule has 9 heteroatoms. The first-order valence-corrected chi connectivity index (χ1v) is 10.9. The molecule has 7 nitrogen and oxygen atoms in total. The predicted octanol–water partition coefficient (Wildman–Crippen LogP) is 4.33. The van der Waals surface area contributed by atoms with Crippen LogP contribution in [0.15, 0.2) is 47.5 Å². The van der Waals surface area contributed by atoms with E-state index in [1.807, 2.05) is 25.1 Å². The number of ether oxygens (including phenoxy) is 3. The predicted molar refractivity (Wildman–Crippen MR) is 141 cm³/mol. The van der Waals surface area contributed by atoms with Gasteiger partial charge in [0.2, 0.25) is 0 Å². The van der Waals surface area contributed by atoms with E-state index < -0.39 is 6.10 Å². The van der Waals surface area contributed by atoms with Gasteiger partial charge in [-0.15, -0.1) is 35.3 Å². The van der Waals surface area contributed by atoms with E-state index in [4.69, 9.17) is 14.2 Å². The molecule has 3 N–H and O–H groups in total. The number of thiophene rings is 1. The van der Waals surface area contributed by atoms with E-state index >= 15 is 0 Å². The molecule has 3 aromatic rings. The maximum absolute atomic E-state index is 10.7. The van der Waals surface area contributed by atoms with Crippen LogP contribution in [0, 0.1) is 0 Å². The lowest BCUT2D eigenvalue weighted by Gasteiger charge is -2.16. The summed E-state index contributed by atoms with van der Waals surface area (Å²) in [5.74, 6) is 2.53. The molecule has 1 atom stereocenters. The van der Waals surface area contributed by atoms with Crippen molar-refractivity contribution in [1.82, 2.24) is 10.6 Å². The fourth-order valence-corrected chi connectivity index (χ4v) is 4.24. The maximum Gasteiger partial charge on any atom is 0.191 e. The zero-order valence-electron chi connectivity index (χ0n) is 18.7. The average molecular weight is 571 g/mol. The van der Waals surface area contributed by atoms with Gasteiger partial charge in [-0.3, -0.25) is 0 Å². The summed E-state index contributed by atoms with van der Waals surface area (Å²) in [5, 5.41) is 18.2. The second-order valence-corrected chi connectivity index (χ2v) is 7.90. The van der Waals surface area contributed by atoms with Gasteiger partial charge in [0.05, 0.1) is 33.4 Å². The molecule has 0 fully saturated rings. The molecule has 0 radical (unpaired) electrons. The van der Waals surface area contributed by atoms with Crippen molar-refractivity contribution in [2.45, 2.75) is 19.6 Å². The molecule has 3 rings (SSSR count). The number of guanidine groups is 1. The van der Waals surface area contributed by atoms with Crippen LogP contribution in [0.25, 0.3) is 10.1 Å². The van der Waals surface area contributed by atoms with Crippen LogP contribution in [0.4, 0.5) is 0 Å². The quantitative estimate of drug-likeness (QED) is 0.202. The molecule has 0 amide bonds. The molecular weight excluding hydrogens is 541 g/mol. The first-order valence-electron chi connectivity index (χ1n) is 10.1. The molecular formula is C23H30IN3O4S. The van der Waals surface area contributed by atoms with Crippen LogP contribution in [0.5, 0.6) is 17.2 Å². The third-order valence-electron chi connectivity index (χ3n) is 4.79. The van der Waals surface area contributed by atoms with Crippen LogP contribution in [-0.2, 0) is 6.54 Å². The Balaban J connectivity index is 0.00000363. The number of halogens is 1. The van der Waals surface area contributed by atoms with Crippen molar-refractivity contribution < 1.29 is 19.3 Å². The van der Waals surface area contributed by atoms with Gasteiger partial charge in [0, 0.05) is 34.8 Å². The Kier molecular flexibility index (Phi) is 10.3. The normalized spacial score (nSPS) is 12.1. The van der Waals surface area contributed by atoms with E-state index in [0.717, 1.165) is 20.5 Å². The zero-order valence-corrected chi connectivity index (χ0v) is 21.8. The first-order chi connectivity index (χ1) is 15.1. The molecule has 174 valence electrons. The fourth-order valence-electron chi connectivity index (χ4n) is 3.19. The second kappa shape index (κ2) is 12.7. The molecule has 0 aliphatic rings. The third-order valence-corrected chi connectivity index (χ3v) is 6.01. The Morgan fingerprint density at radius 1 is 1.03 bits per heavy atom. The van der Waals surface area contributed by atoms with Gasteiger partial charge in [-0.2, -0.15) is 0 Å². The number of hydrogen-bond donors (Lipinski definition) is 3. The Labute approximate surface area is 209 Å². The highest BCUT2D eigenvalue weighted by Gasteiger charge is 2.15. The molecule has 0 saturated heterocycles. The maximum atomic E-state index is 10.7. The van der Waals surface area contributed by atoms with E-state index in [9.17, 15) is 5.11 Å². The van der Waals surface area contributed by atoms with Crippen molar-refractivity contribution in [2.75, 3.05) is 34.4 Å². The van der Waals surface area contributed by atoms with Crippen LogP contribution in [0.2, 0.25) is 0 Å². The summed E-state index contributed by atoms with van der Waals surface area (Å²) in [6, 6.07) is 13.8. The fraction of sp³-hybridized carbons (Fsp3) is 0.348. The lowest BCUT2D eigenvalue weighted by atomic mass is 10.1. The van der Waals surface area contributed by atoms with E-state index in [2.05, 4.69) is 27.8 Å². The number of hydrogen-bond acceptors (Lipinski definition) is 6. The minimum absolute atomic E-state index is 0. The summed E-state index contributed by atoms with van der Waals surface area (Å²) in [4.78, 5) is 5.57. The van der Waals surface area contributed by atoms with Crippen molar-refractivity contribution >= 4 is 51.4 Å². The number of nitrogens with zero attached hydrogens (tertiary/aromatic N) is 1. The van der Waals surface area contributed by atoms with Gasteiger partial charge >= 0.3 is 0 Å². The topological polar surface area (TPSA) is 84.3 Å². The smallest absolute Gasteiger partial charge is 0.191 e. The molecule has 0 aliphatic heterocycles. The second-order valence-electron chi connectivity index (χ2n) is 6.79. The summed E-state index contributed by atoms with van der Waals surface area (Å²) in [6.45, 7) is 3.37. The van der Waals surface area contributed by atoms with Crippen molar-refractivity contribution in [1.29, 1.82) is 0 Å². The minimum Gasteiger partial charge on any atom is -0.496 e. The van der Waals surface area contributed by atoms with Gasteiger partial charge in [-0.25, -0.2) is 4.99 Å². The van der Waals surface area contributed by atoms with E-state index in [0.29, 0.717) is 42.8 Å². The highest BCUT2D eigenvalue weighted by molar-refractivity contribution is 14.0. The largest absolute Gasteiger partial charge is 0.496 e. The summed E-state index contributed by atoms with van der Waals surface area (Å²) in [5.41, 5.74) is 0.813. The van der Waals surface area contributed by atoms with Crippen molar-refractivity contribution in [3.63, 3.8) is 0 Å². The van der Waals surface area contributed by atoms with Crippen LogP contribution >= 0.6 is 35.3 Å². The molecule has 0 saturated carbocycles. The van der Waals surface area contributed by atoms with Gasteiger partial charge in [0.25, 0.3) is 0 Å². The monoisotopic (exact) mass is 571 g/mol. The standard InChI is InChI=1S/C23H29N3O4S.HI/c1-5-24-23(25-13-17-19(29-3)11-16(28-2)12-20(17)30-4)26-14-18(27)22-10-15-8-6-7-9-21(15)31-22;/h6-12,18,27H,5,13-14H2,1-4H3,(H2,24,25,26);1H. The molecule has 0 spiro atoms. The summed E-state index contributed by atoms with van der Waals surface area (Å²) >= 11 is 1.60. The van der Waals surface area contributed by atoms with Gasteiger partial charge in [-0.1, -0.05) is 18.2 Å². The number of nitrogens with one attached hydrogen (secondary N) is 2. The number of rotatable bonds is 9. The van der Waals surface area contributed by atoms with Crippen molar-refractivity contribution in [2.24, 2.45) is 4.99 Å². The zero-order chi connectivity index (χ0) is 22.2. The number of benzene rings is 2. The van der Waals surface area contributed by atoms with E-state index in [-0.39, 0.29) is 24.0 Å². The molecule has 32 heavy (non-hydrogen) atoms. The average Bonchev–Trinajstić information content (AvgIpc) is 3.24. The number of aliphatic hydroxyl groups is 1. The van der Waals surface area contributed by atoms with E-state index in [1.165, 1.54) is 0 Å². The van der Waals surface area contributed by atoms with Gasteiger partial charge in [0.15, 0.2) is 5.96 Å². The Hall–Kier alpha value is -2.24. The van der Waals surface area contributed by atoms with Crippen LogP contribution in [0.1, 0.15) is 23.5 Å². The van der Waals surface area contributed by atoms with Gasteiger partial charge in [-0.05, 0) is 24.4 Å². The van der Waals surface area contributed by atoms with Gasteiger partial charge < -0.3 is 30.0 Å². The molecule has 1 heterocycles. The van der Waals surface area contributed by atoms with Crippen molar-refractivity contribution in [3.05, 3.63) is 52.9 Å². The molecule has 0 bridgehead atoms. The van der Waals surface area contributed by atoms with Gasteiger partial charge in [0.1, 0.15) is 23.4 Å². The molecule has 2 aromatic carbocycles. The van der Waals surface area contributed by atoms with E-state index in [1.54, 1.807) is 44.8 Å². The number of methoxy groups -OCH3 is 3. The molecule has 1 aromatic heterocycles. The summed E-state index contributed by atoms with van der Waals surface area (Å²) in [7, 11) is 4.81. The lowest BCUT2D eigenvalue weighted by molar-refractivity contribution is 0.184. The summed E-state index contributed by atoms with van der Waals surface area (Å²) in [6.07, 6.45) is -0.633. The number of aliphatic imine (C=N–C) groups is 1. The Bertz CT molecular complexity index is 983. The highest BCUT2D eigenvalue weighted by Crippen LogP contribution is 2.34. The molecule has 0 aliphatic carbocycles. The third kappa shape index (κ3) is 6.39. The SMILES string of the molecule is CCNC(=NCc1c(OC)cc(OC)cc1OC)NCC(O)c1cc2ccccc2s1.I. The Morgan fingerprint density at radius 3 is 2.31 bits per heavy atom. The first kappa shape index (κ1) is 26.0.